The van der Waals surface area contributed by atoms with Crippen molar-refractivity contribution in [2.45, 2.75) is 0 Å². The van der Waals surface area contributed by atoms with Gasteiger partial charge in [0.15, 0.2) is 0 Å². The molecule has 4 nitrogen and oxygen atoms in total. The second kappa shape index (κ2) is 5.70. The quantitative estimate of drug-likeness (QED) is 0.610. The molecule has 0 atom stereocenters. The number of nitrogens with two attached hydrogens (primary N) is 1. The fourth-order valence-corrected chi connectivity index (χ4v) is 2.21. The summed E-state index contributed by atoms with van der Waals surface area (Å²) >= 11 is 7.76. The average Bonchev–Trinajstić information content (AvgIpc) is 2.35. The zero-order chi connectivity index (χ0) is 14.0. The Bertz CT molecular complexity index is 651. The number of nitrogen functional groups attached to an aromatic ring is 1. The molecule has 1 heterocycles. The van der Waals surface area contributed by atoms with E-state index in [1.54, 1.807) is 0 Å². The molecule has 0 aliphatic carbocycles. The summed E-state index contributed by atoms with van der Waals surface area (Å²) in [6, 6.07) is 5.48. The summed E-state index contributed by atoms with van der Waals surface area (Å²) < 4.78 is 13.5. The first-order chi connectivity index (χ1) is 8.97. The van der Waals surface area contributed by atoms with Crippen LogP contribution < -0.4 is 11.1 Å². The molecule has 2 rings (SSSR count). The van der Waals surface area contributed by atoms with Crippen LogP contribution in [0.1, 0.15) is 10.4 Å². The fraction of sp³-hybridized carbons (Fsp3) is 0. The number of hydrogen-bond donors (Lipinski definition) is 2. The molecule has 0 saturated heterocycles. The molecule has 19 heavy (non-hydrogen) atoms. The van der Waals surface area contributed by atoms with E-state index >= 15 is 0 Å². The van der Waals surface area contributed by atoms with Gasteiger partial charge in [0.1, 0.15) is 11.0 Å². The highest BCUT2D eigenvalue weighted by atomic mass is 127. The Hall–Kier alpha value is -1.41. The van der Waals surface area contributed by atoms with Crippen molar-refractivity contribution in [1.82, 2.24) is 4.98 Å². The lowest BCUT2D eigenvalue weighted by Gasteiger charge is -2.08. The lowest BCUT2D eigenvalue weighted by Crippen LogP contribution is -2.14. The van der Waals surface area contributed by atoms with Gasteiger partial charge in [0.2, 0.25) is 0 Å². The molecule has 0 fully saturated rings. The molecule has 2 aromatic rings. The van der Waals surface area contributed by atoms with E-state index in [0.29, 0.717) is 14.9 Å². The van der Waals surface area contributed by atoms with E-state index in [1.807, 2.05) is 22.6 Å². The predicted octanol–water partition coefficient (Wildman–Crippen LogP) is 3.31. The number of halogens is 3. The van der Waals surface area contributed by atoms with Crippen molar-refractivity contribution in [2.75, 3.05) is 11.1 Å². The second-order valence-electron chi connectivity index (χ2n) is 3.69. The summed E-state index contributed by atoms with van der Waals surface area (Å²) in [6.07, 6.45) is 1.36. The van der Waals surface area contributed by atoms with Gasteiger partial charge < -0.3 is 11.1 Å². The van der Waals surface area contributed by atoms with Crippen LogP contribution in [0.2, 0.25) is 5.15 Å². The molecular weight excluding hydrogens is 384 g/mol. The molecule has 1 aromatic heterocycles. The number of anilines is 2. The van der Waals surface area contributed by atoms with E-state index in [9.17, 15) is 9.18 Å². The molecule has 0 spiro atoms. The summed E-state index contributed by atoms with van der Waals surface area (Å²) in [5.74, 6) is -0.819. The molecule has 7 heteroatoms. The van der Waals surface area contributed by atoms with Gasteiger partial charge in [-0.3, -0.25) is 4.79 Å². The van der Waals surface area contributed by atoms with Crippen molar-refractivity contribution >= 4 is 51.5 Å². The second-order valence-corrected chi connectivity index (χ2v) is 5.21. The van der Waals surface area contributed by atoms with E-state index in [-0.39, 0.29) is 16.5 Å². The van der Waals surface area contributed by atoms with Gasteiger partial charge in [0.25, 0.3) is 5.91 Å². The van der Waals surface area contributed by atoms with E-state index in [2.05, 4.69) is 10.3 Å². The zero-order valence-electron chi connectivity index (χ0n) is 9.45. The van der Waals surface area contributed by atoms with Gasteiger partial charge in [0.05, 0.1) is 23.1 Å². The Balaban J connectivity index is 2.28. The summed E-state index contributed by atoms with van der Waals surface area (Å²) in [6.45, 7) is 0. The Labute approximate surface area is 127 Å². The first-order valence-electron chi connectivity index (χ1n) is 5.15. The molecule has 0 aliphatic heterocycles. The van der Waals surface area contributed by atoms with Crippen LogP contribution in [0.5, 0.6) is 0 Å². The molecule has 3 N–H and O–H groups in total. The summed E-state index contributed by atoms with van der Waals surface area (Å²) in [5.41, 5.74) is 6.55. The van der Waals surface area contributed by atoms with E-state index in [1.165, 1.54) is 30.5 Å². The first-order valence-corrected chi connectivity index (χ1v) is 6.60. The smallest absolute Gasteiger partial charge is 0.258 e. The zero-order valence-corrected chi connectivity index (χ0v) is 12.4. The number of hydrogen-bond acceptors (Lipinski definition) is 3. The number of nitrogens with one attached hydrogen (secondary N) is 1. The van der Waals surface area contributed by atoms with Crippen LogP contribution in [-0.2, 0) is 0 Å². The third-order valence-corrected chi connectivity index (χ3v) is 3.48. The normalized spacial score (nSPS) is 10.3. The Morgan fingerprint density at radius 1 is 1.42 bits per heavy atom. The van der Waals surface area contributed by atoms with E-state index in [4.69, 9.17) is 17.3 Å². The topological polar surface area (TPSA) is 68.0 Å². The van der Waals surface area contributed by atoms with E-state index in [0.717, 1.165) is 0 Å². The maximum absolute atomic E-state index is 13.0. The fourth-order valence-electron chi connectivity index (χ4n) is 1.40. The van der Waals surface area contributed by atoms with Crippen molar-refractivity contribution in [3.63, 3.8) is 0 Å². The lowest BCUT2D eigenvalue weighted by atomic mass is 10.2. The number of carbonyl (C=O) groups excluding carboxylic acids is 1. The summed E-state index contributed by atoms with van der Waals surface area (Å²) in [4.78, 5) is 15.8. The van der Waals surface area contributed by atoms with Gasteiger partial charge in [-0.25, -0.2) is 9.37 Å². The first kappa shape index (κ1) is 14.0. The maximum Gasteiger partial charge on any atom is 0.258 e. The highest BCUT2D eigenvalue weighted by Gasteiger charge is 2.13. The van der Waals surface area contributed by atoms with Crippen LogP contribution in [0.15, 0.2) is 30.5 Å². The molecule has 1 amide bonds. The Kier molecular flexibility index (Phi) is 4.20. The number of benzene rings is 1. The minimum atomic E-state index is -0.450. The number of carbonyl (C=O) groups is 1. The van der Waals surface area contributed by atoms with Crippen LogP contribution in [-0.4, -0.2) is 10.9 Å². The molecule has 0 saturated carbocycles. The average molecular weight is 392 g/mol. The Morgan fingerprint density at radius 3 is 2.84 bits per heavy atom. The molecule has 0 aliphatic rings. The number of nitrogens with zero attached hydrogens (tertiary/aromatic N) is 1. The third-order valence-electron chi connectivity index (χ3n) is 2.28. The molecule has 0 unspecified atom stereocenters. The van der Waals surface area contributed by atoms with Gasteiger partial charge in [0, 0.05) is 3.57 Å². The van der Waals surface area contributed by atoms with Crippen LogP contribution in [0.4, 0.5) is 15.8 Å². The van der Waals surface area contributed by atoms with Gasteiger partial charge in [-0.05, 0) is 46.9 Å². The number of rotatable bonds is 2. The third kappa shape index (κ3) is 3.32. The summed E-state index contributed by atoms with van der Waals surface area (Å²) in [7, 11) is 0. The van der Waals surface area contributed by atoms with Crippen LogP contribution >= 0.6 is 34.2 Å². The monoisotopic (exact) mass is 391 g/mol. The van der Waals surface area contributed by atoms with Crippen molar-refractivity contribution in [2.24, 2.45) is 0 Å². The molecule has 1 aromatic carbocycles. The molecular formula is C12H8ClFIN3O. The van der Waals surface area contributed by atoms with Gasteiger partial charge in [-0.2, -0.15) is 0 Å². The van der Waals surface area contributed by atoms with Gasteiger partial charge in [-0.15, -0.1) is 0 Å². The minimum absolute atomic E-state index is 0.0591. The highest BCUT2D eigenvalue weighted by molar-refractivity contribution is 14.1. The Morgan fingerprint density at radius 2 is 2.16 bits per heavy atom. The van der Waals surface area contributed by atoms with Gasteiger partial charge in [-0.1, -0.05) is 11.6 Å². The summed E-state index contributed by atoms with van der Waals surface area (Å²) in [5, 5.41) is 2.69. The predicted molar refractivity (Wildman–Crippen MR) is 80.7 cm³/mol. The standard InChI is InChI=1S/C12H8ClFIN3O/c13-11-8(4-7(16)5-17-11)12(19)18-10-2-1-6(14)3-9(10)15/h1-5H,16H2,(H,18,19). The lowest BCUT2D eigenvalue weighted by molar-refractivity contribution is 0.102. The number of pyridine rings is 1. The SMILES string of the molecule is Nc1cnc(Cl)c(C(=O)Nc2ccc(F)cc2I)c1. The van der Waals surface area contributed by atoms with Crippen molar-refractivity contribution in [3.8, 4) is 0 Å². The van der Waals surface area contributed by atoms with Crippen LogP contribution in [0.3, 0.4) is 0 Å². The minimum Gasteiger partial charge on any atom is -0.397 e. The van der Waals surface area contributed by atoms with Crippen LogP contribution in [0, 0.1) is 9.39 Å². The largest absolute Gasteiger partial charge is 0.397 e. The number of amides is 1. The maximum atomic E-state index is 13.0. The van der Waals surface area contributed by atoms with Gasteiger partial charge >= 0.3 is 0 Å². The van der Waals surface area contributed by atoms with Crippen LogP contribution in [0.25, 0.3) is 0 Å². The molecule has 0 bridgehead atoms. The molecule has 0 radical (unpaired) electrons. The highest BCUT2D eigenvalue weighted by Crippen LogP contribution is 2.22. The molecule has 98 valence electrons. The van der Waals surface area contributed by atoms with Crippen molar-refractivity contribution in [3.05, 3.63) is 50.6 Å². The van der Waals surface area contributed by atoms with Crippen molar-refractivity contribution < 1.29 is 9.18 Å². The van der Waals surface area contributed by atoms with Crippen molar-refractivity contribution in [1.29, 1.82) is 0 Å². The van der Waals surface area contributed by atoms with E-state index < -0.39 is 5.91 Å². The number of aromatic nitrogens is 1.